The summed E-state index contributed by atoms with van der Waals surface area (Å²) in [6.07, 6.45) is 3.42. The molecule has 2 N–H and O–H groups in total. The Balaban J connectivity index is 1.73. The number of methoxy groups -OCH3 is 1. The maximum atomic E-state index is 13.4. The topological polar surface area (TPSA) is 77.7 Å². The van der Waals surface area contributed by atoms with Crippen molar-refractivity contribution >= 4 is 22.8 Å². The molecule has 7 heteroatoms. The van der Waals surface area contributed by atoms with E-state index >= 15 is 0 Å². The Hall–Kier alpha value is -3.32. The Morgan fingerprint density at radius 2 is 1.76 bits per heavy atom. The summed E-state index contributed by atoms with van der Waals surface area (Å²) in [7, 11) is 1.63. The fourth-order valence-corrected chi connectivity index (χ4v) is 3.87. The van der Waals surface area contributed by atoms with E-state index in [4.69, 9.17) is 4.74 Å². The number of aromatic amines is 1. The number of fused-ring (bicyclic) bond motifs is 1. The molecule has 3 aromatic rings. The lowest BCUT2D eigenvalue weighted by molar-refractivity contribution is -0.132. The van der Waals surface area contributed by atoms with Crippen LogP contribution < -0.4 is 5.32 Å². The van der Waals surface area contributed by atoms with E-state index < -0.39 is 0 Å². The SMILES string of the molecule is CCNC(=O)N(CCCOC)CC(=O)N(CCc1c[nH]c2ccccc12)Cc1ccccc1. The third-order valence-corrected chi connectivity index (χ3v) is 5.61. The number of nitrogens with zero attached hydrogens (tertiary/aromatic N) is 2. The minimum atomic E-state index is -0.224. The van der Waals surface area contributed by atoms with Crippen LogP contribution in [0.1, 0.15) is 24.5 Å². The van der Waals surface area contributed by atoms with Crippen LogP contribution in [0.4, 0.5) is 4.79 Å². The first-order chi connectivity index (χ1) is 16.1. The van der Waals surface area contributed by atoms with Crippen molar-refractivity contribution in [1.29, 1.82) is 0 Å². The lowest BCUT2D eigenvalue weighted by Gasteiger charge is -2.28. The van der Waals surface area contributed by atoms with Gasteiger partial charge >= 0.3 is 6.03 Å². The third kappa shape index (κ3) is 7.08. The molecule has 0 fully saturated rings. The number of amides is 3. The van der Waals surface area contributed by atoms with Crippen LogP contribution in [-0.4, -0.2) is 66.6 Å². The van der Waals surface area contributed by atoms with Gasteiger partial charge in [-0.2, -0.15) is 0 Å². The van der Waals surface area contributed by atoms with Gasteiger partial charge in [-0.15, -0.1) is 0 Å². The zero-order valence-corrected chi connectivity index (χ0v) is 19.5. The number of para-hydroxylation sites is 1. The summed E-state index contributed by atoms with van der Waals surface area (Å²) in [6, 6.07) is 17.9. The number of urea groups is 1. The van der Waals surface area contributed by atoms with Gasteiger partial charge in [0.05, 0.1) is 0 Å². The standard InChI is InChI=1S/C26H34N4O3/c1-3-27-26(32)30(15-9-17-33-2)20-25(31)29(19-21-10-5-4-6-11-21)16-14-22-18-28-24-13-8-7-12-23(22)24/h4-8,10-13,18,28H,3,9,14-17,19-20H2,1-2H3,(H,27,32). The van der Waals surface area contributed by atoms with Gasteiger partial charge in [-0.25, -0.2) is 4.79 Å². The normalized spacial score (nSPS) is 10.8. The molecule has 0 aliphatic heterocycles. The van der Waals surface area contributed by atoms with E-state index in [0.29, 0.717) is 39.2 Å². The van der Waals surface area contributed by atoms with Crippen molar-refractivity contribution in [3.8, 4) is 0 Å². The van der Waals surface area contributed by atoms with Crippen LogP contribution in [-0.2, 0) is 22.5 Å². The van der Waals surface area contributed by atoms with E-state index in [1.54, 1.807) is 12.0 Å². The number of nitrogens with one attached hydrogen (secondary N) is 2. The molecule has 0 aliphatic carbocycles. The van der Waals surface area contributed by atoms with Crippen molar-refractivity contribution in [3.63, 3.8) is 0 Å². The molecule has 7 nitrogen and oxygen atoms in total. The lowest BCUT2D eigenvalue weighted by atomic mass is 10.1. The highest BCUT2D eigenvalue weighted by molar-refractivity contribution is 5.85. The highest BCUT2D eigenvalue weighted by Crippen LogP contribution is 2.19. The highest BCUT2D eigenvalue weighted by Gasteiger charge is 2.21. The van der Waals surface area contributed by atoms with Gasteiger partial charge < -0.3 is 24.8 Å². The van der Waals surface area contributed by atoms with Crippen molar-refractivity contribution in [2.24, 2.45) is 0 Å². The smallest absolute Gasteiger partial charge is 0.317 e. The summed E-state index contributed by atoms with van der Waals surface area (Å²) in [5.74, 6) is -0.0673. The zero-order valence-electron chi connectivity index (χ0n) is 19.5. The second kappa shape index (κ2) is 12.6. The molecule has 176 valence electrons. The molecule has 1 heterocycles. The van der Waals surface area contributed by atoms with Gasteiger partial charge in [0.2, 0.25) is 5.91 Å². The number of ether oxygens (including phenoxy) is 1. The summed E-state index contributed by atoms with van der Waals surface area (Å²) >= 11 is 0. The first-order valence-electron chi connectivity index (χ1n) is 11.5. The molecule has 0 atom stereocenters. The predicted molar refractivity (Wildman–Crippen MR) is 131 cm³/mol. The Bertz CT molecular complexity index is 1020. The molecular weight excluding hydrogens is 416 g/mol. The Morgan fingerprint density at radius 3 is 2.52 bits per heavy atom. The number of rotatable bonds is 12. The average molecular weight is 451 g/mol. The lowest BCUT2D eigenvalue weighted by Crippen LogP contribution is -2.47. The summed E-state index contributed by atoms with van der Waals surface area (Å²) in [5.41, 5.74) is 3.33. The molecule has 0 radical (unpaired) electrons. The van der Waals surface area contributed by atoms with Crippen molar-refractivity contribution in [1.82, 2.24) is 20.1 Å². The van der Waals surface area contributed by atoms with E-state index in [1.165, 1.54) is 10.9 Å². The predicted octanol–water partition coefficient (Wildman–Crippen LogP) is 3.81. The molecule has 33 heavy (non-hydrogen) atoms. The van der Waals surface area contributed by atoms with Gasteiger partial charge in [0.1, 0.15) is 6.54 Å². The van der Waals surface area contributed by atoms with Crippen LogP contribution in [0.3, 0.4) is 0 Å². The monoisotopic (exact) mass is 450 g/mol. The first-order valence-corrected chi connectivity index (χ1v) is 11.5. The molecule has 0 spiro atoms. The van der Waals surface area contributed by atoms with Crippen molar-refractivity contribution in [2.45, 2.75) is 26.3 Å². The average Bonchev–Trinajstić information content (AvgIpc) is 3.25. The quantitative estimate of drug-likeness (QED) is 0.412. The zero-order chi connectivity index (χ0) is 23.5. The largest absolute Gasteiger partial charge is 0.385 e. The molecule has 3 rings (SSSR count). The molecule has 3 amide bonds. The summed E-state index contributed by atoms with van der Waals surface area (Å²) in [5, 5.41) is 3.99. The fraction of sp³-hybridized carbons (Fsp3) is 0.385. The van der Waals surface area contributed by atoms with Crippen LogP contribution in [0, 0.1) is 0 Å². The Morgan fingerprint density at radius 1 is 1.00 bits per heavy atom. The van der Waals surface area contributed by atoms with E-state index in [1.807, 2.05) is 60.5 Å². The van der Waals surface area contributed by atoms with Crippen LogP contribution >= 0.6 is 0 Å². The summed E-state index contributed by atoms with van der Waals surface area (Å²) in [6.45, 7) is 4.50. The highest BCUT2D eigenvalue weighted by atomic mass is 16.5. The molecule has 0 saturated carbocycles. The van der Waals surface area contributed by atoms with Gasteiger partial charge in [0.25, 0.3) is 0 Å². The molecule has 2 aromatic carbocycles. The molecular formula is C26H34N4O3. The van der Waals surface area contributed by atoms with Crippen molar-refractivity contribution in [3.05, 3.63) is 71.9 Å². The third-order valence-electron chi connectivity index (χ3n) is 5.61. The summed E-state index contributed by atoms with van der Waals surface area (Å²) in [4.78, 5) is 32.7. The molecule has 0 unspecified atom stereocenters. The molecule has 1 aromatic heterocycles. The van der Waals surface area contributed by atoms with E-state index in [9.17, 15) is 9.59 Å². The maximum absolute atomic E-state index is 13.4. The van der Waals surface area contributed by atoms with Gasteiger partial charge in [0.15, 0.2) is 0 Å². The Kier molecular flexibility index (Phi) is 9.32. The van der Waals surface area contributed by atoms with Gasteiger partial charge in [-0.1, -0.05) is 48.5 Å². The van der Waals surface area contributed by atoms with Crippen LogP contribution in [0.25, 0.3) is 10.9 Å². The minimum Gasteiger partial charge on any atom is -0.385 e. The fourth-order valence-electron chi connectivity index (χ4n) is 3.87. The van der Waals surface area contributed by atoms with Gasteiger partial charge in [-0.3, -0.25) is 4.79 Å². The molecule has 0 bridgehead atoms. The van der Waals surface area contributed by atoms with E-state index in [0.717, 1.165) is 17.5 Å². The summed E-state index contributed by atoms with van der Waals surface area (Å²) < 4.78 is 5.12. The Labute approximate surface area is 195 Å². The number of hydrogen-bond acceptors (Lipinski definition) is 3. The van der Waals surface area contributed by atoms with Gasteiger partial charge in [0, 0.05) is 57.0 Å². The number of hydrogen-bond donors (Lipinski definition) is 2. The van der Waals surface area contributed by atoms with Crippen molar-refractivity contribution in [2.75, 3.05) is 39.9 Å². The minimum absolute atomic E-state index is 0.0380. The maximum Gasteiger partial charge on any atom is 0.317 e. The van der Waals surface area contributed by atoms with Crippen LogP contribution in [0.15, 0.2) is 60.8 Å². The second-order valence-corrected chi connectivity index (χ2v) is 8.01. The van der Waals surface area contributed by atoms with E-state index in [2.05, 4.69) is 22.4 Å². The number of carbonyl (C=O) groups is 2. The molecule has 0 aliphatic rings. The van der Waals surface area contributed by atoms with Gasteiger partial charge in [-0.05, 0) is 37.0 Å². The van der Waals surface area contributed by atoms with Crippen LogP contribution in [0.2, 0.25) is 0 Å². The second-order valence-electron chi connectivity index (χ2n) is 8.01. The number of aromatic nitrogens is 1. The number of benzene rings is 2. The van der Waals surface area contributed by atoms with Crippen LogP contribution in [0.5, 0.6) is 0 Å². The van der Waals surface area contributed by atoms with E-state index in [-0.39, 0.29) is 18.5 Å². The number of H-pyrrole nitrogens is 1. The number of carbonyl (C=O) groups excluding carboxylic acids is 2. The molecule has 0 saturated heterocycles. The first kappa shape index (κ1) is 24.3. The van der Waals surface area contributed by atoms with Crippen molar-refractivity contribution < 1.29 is 14.3 Å².